The Kier molecular flexibility index (Phi) is 5.81. The molecule has 0 amide bonds. The average molecular weight is 437 g/mol. The molecule has 6 nitrogen and oxygen atoms in total. The van der Waals surface area contributed by atoms with Gasteiger partial charge in [-0.2, -0.15) is 4.31 Å². The highest BCUT2D eigenvalue weighted by atomic mass is 32.2. The van der Waals surface area contributed by atoms with E-state index >= 15 is 0 Å². The van der Waals surface area contributed by atoms with Gasteiger partial charge in [-0.1, -0.05) is 35.9 Å². The molecular weight excluding hydrogens is 408 g/mol. The first-order valence-corrected chi connectivity index (χ1v) is 11.9. The van der Waals surface area contributed by atoms with Crippen LogP contribution in [0.3, 0.4) is 0 Å². The number of piperazine rings is 1. The van der Waals surface area contributed by atoms with E-state index in [1.807, 2.05) is 51.1 Å². The maximum absolute atomic E-state index is 13.2. The smallest absolute Gasteiger partial charge is 0.243 e. The van der Waals surface area contributed by atoms with E-state index in [4.69, 9.17) is 0 Å². The minimum Gasteiger partial charge on any atom is -0.352 e. The van der Waals surface area contributed by atoms with Crippen LogP contribution in [0, 0.1) is 27.7 Å². The minimum atomic E-state index is -3.51. The Morgan fingerprint density at radius 1 is 0.742 bits per heavy atom. The van der Waals surface area contributed by atoms with Gasteiger partial charge in [-0.3, -0.25) is 0 Å². The quantitative estimate of drug-likeness (QED) is 0.621. The summed E-state index contributed by atoms with van der Waals surface area (Å²) in [5.74, 6) is 0.773. The van der Waals surface area contributed by atoms with Crippen molar-refractivity contribution < 1.29 is 8.42 Å². The van der Waals surface area contributed by atoms with Crippen molar-refractivity contribution in [2.45, 2.75) is 32.6 Å². The standard InChI is InChI=1S/C24H28N4O2S/c1-17-5-7-21(8-6-17)22-9-10-24(26-25-22)27-11-13-28(14-12-27)31(29,30)23-16-19(3)18(2)15-20(23)4/h5-10,15-16H,11-14H2,1-4H3. The van der Waals surface area contributed by atoms with Gasteiger partial charge in [0.25, 0.3) is 0 Å². The number of benzene rings is 2. The van der Waals surface area contributed by atoms with Crippen LogP contribution < -0.4 is 4.90 Å². The lowest BCUT2D eigenvalue weighted by molar-refractivity contribution is 0.383. The fraction of sp³-hybridized carbons (Fsp3) is 0.333. The van der Waals surface area contributed by atoms with Crippen molar-refractivity contribution >= 4 is 15.8 Å². The van der Waals surface area contributed by atoms with Gasteiger partial charge in [0, 0.05) is 31.7 Å². The summed E-state index contributed by atoms with van der Waals surface area (Å²) in [4.78, 5) is 2.50. The molecule has 0 bridgehead atoms. The van der Waals surface area contributed by atoms with Crippen LogP contribution >= 0.6 is 0 Å². The molecule has 2 aromatic carbocycles. The van der Waals surface area contributed by atoms with Crippen molar-refractivity contribution in [1.82, 2.24) is 14.5 Å². The molecule has 0 unspecified atom stereocenters. The first-order chi connectivity index (χ1) is 14.8. The zero-order valence-electron chi connectivity index (χ0n) is 18.5. The lowest BCUT2D eigenvalue weighted by Gasteiger charge is -2.34. The van der Waals surface area contributed by atoms with Crippen LogP contribution in [0.4, 0.5) is 5.82 Å². The maximum Gasteiger partial charge on any atom is 0.243 e. The van der Waals surface area contributed by atoms with Crippen molar-refractivity contribution in [3.05, 3.63) is 70.8 Å². The number of anilines is 1. The van der Waals surface area contributed by atoms with Crippen LogP contribution in [-0.4, -0.2) is 49.1 Å². The fourth-order valence-corrected chi connectivity index (χ4v) is 5.59. The minimum absolute atomic E-state index is 0.409. The van der Waals surface area contributed by atoms with E-state index in [0.29, 0.717) is 31.1 Å². The second-order valence-corrected chi connectivity index (χ2v) is 10.1. The van der Waals surface area contributed by atoms with Gasteiger partial charge in [-0.15, -0.1) is 10.2 Å². The lowest BCUT2D eigenvalue weighted by atomic mass is 10.1. The van der Waals surface area contributed by atoms with E-state index in [0.717, 1.165) is 33.8 Å². The molecule has 1 aliphatic heterocycles. The average Bonchev–Trinajstić information content (AvgIpc) is 2.77. The number of rotatable bonds is 4. The molecule has 1 saturated heterocycles. The summed E-state index contributed by atoms with van der Waals surface area (Å²) in [6, 6.07) is 15.9. The van der Waals surface area contributed by atoms with Gasteiger partial charge >= 0.3 is 0 Å². The molecule has 1 fully saturated rings. The lowest BCUT2D eigenvalue weighted by Crippen LogP contribution is -2.49. The molecule has 0 N–H and O–H groups in total. The van der Waals surface area contributed by atoms with Gasteiger partial charge in [0.15, 0.2) is 5.82 Å². The SMILES string of the molecule is Cc1ccc(-c2ccc(N3CCN(S(=O)(=O)c4cc(C)c(C)cc4C)CC3)nn2)cc1. The number of hydrogen-bond donors (Lipinski definition) is 0. The van der Waals surface area contributed by atoms with E-state index in [-0.39, 0.29) is 0 Å². The van der Waals surface area contributed by atoms with E-state index in [1.54, 1.807) is 10.4 Å². The van der Waals surface area contributed by atoms with Crippen molar-refractivity contribution in [1.29, 1.82) is 0 Å². The number of aryl methyl sites for hydroxylation is 4. The second kappa shape index (κ2) is 8.40. The summed E-state index contributed by atoms with van der Waals surface area (Å²) in [6.45, 7) is 9.89. The summed E-state index contributed by atoms with van der Waals surface area (Å²) >= 11 is 0. The first kappa shape index (κ1) is 21.5. The van der Waals surface area contributed by atoms with Gasteiger partial charge in [-0.05, 0) is 62.6 Å². The van der Waals surface area contributed by atoms with Crippen LogP contribution in [0.15, 0.2) is 53.4 Å². The predicted molar refractivity (Wildman–Crippen MR) is 124 cm³/mol. The molecule has 0 atom stereocenters. The van der Waals surface area contributed by atoms with Crippen LogP contribution in [-0.2, 0) is 10.0 Å². The summed E-state index contributed by atoms with van der Waals surface area (Å²) in [6.07, 6.45) is 0. The first-order valence-electron chi connectivity index (χ1n) is 10.5. The normalized spacial score (nSPS) is 15.3. The highest BCUT2D eigenvalue weighted by Crippen LogP contribution is 2.25. The molecule has 162 valence electrons. The molecule has 1 aromatic heterocycles. The maximum atomic E-state index is 13.2. The van der Waals surface area contributed by atoms with Gasteiger partial charge in [0.05, 0.1) is 10.6 Å². The van der Waals surface area contributed by atoms with Gasteiger partial charge < -0.3 is 4.90 Å². The van der Waals surface area contributed by atoms with Gasteiger partial charge in [0.1, 0.15) is 0 Å². The van der Waals surface area contributed by atoms with Crippen molar-refractivity contribution in [2.75, 3.05) is 31.1 Å². The van der Waals surface area contributed by atoms with Crippen molar-refractivity contribution in [2.24, 2.45) is 0 Å². The summed E-state index contributed by atoms with van der Waals surface area (Å²) in [5, 5.41) is 8.77. The van der Waals surface area contributed by atoms with Crippen molar-refractivity contribution in [3.8, 4) is 11.3 Å². The third-order valence-corrected chi connectivity index (χ3v) is 8.01. The summed E-state index contributed by atoms with van der Waals surface area (Å²) in [7, 11) is -3.51. The van der Waals surface area contributed by atoms with Crippen LogP contribution in [0.1, 0.15) is 22.3 Å². The molecule has 4 rings (SSSR count). The topological polar surface area (TPSA) is 66.4 Å². The molecular formula is C24H28N4O2S. The fourth-order valence-electron chi connectivity index (χ4n) is 3.88. The number of hydrogen-bond acceptors (Lipinski definition) is 5. The Bertz CT molecular complexity index is 1180. The molecule has 0 aliphatic carbocycles. The number of nitrogens with zero attached hydrogens (tertiary/aromatic N) is 4. The predicted octanol–water partition coefficient (Wildman–Crippen LogP) is 3.89. The van der Waals surface area contributed by atoms with E-state index in [1.165, 1.54) is 5.56 Å². The molecule has 0 radical (unpaired) electrons. The Labute approximate surface area is 184 Å². The number of aromatic nitrogens is 2. The molecule has 0 saturated carbocycles. The molecule has 2 heterocycles. The van der Waals surface area contributed by atoms with E-state index in [9.17, 15) is 8.42 Å². The Morgan fingerprint density at radius 3 is 2.00 bits per heavy atom. The second-order valence-electron chi connectivity index (χ2n) is 8.24. The van der Waals surface area contributed by atoms with E-state index in [2.05, 4.69) is 34.2 Å². The third kappa shape index (κ3) is 4.34. The molecule has 0 spiro atoms. The summed E-state index contributed by atoms with van der Waals surface area (Å²) < 4.78 is 28.0. The van der Waals surface area contributed by atoms with E-state index < -0.39 is 10.0 Å². The van der Waals surface area contributed by atoms with Gasteiger partial charge in [-0.25, -0.2) is 8.42 Å². The molecule has 31 heavy (non-hydrogen) atoms. The summed E-state index contributed by atoms with van der Waals surface area (Å²) in [5.41, 5.74) is 5.96. The zero-order valence-corrected chi connectivity index (χ0v) is 19.3. The van der Waals surface area contributed by atoms with Crippen LogP contribution in [0.5, 0.6) is 0 Å². The number of sulfonamides is 1. The highest BCUT2D eigenvalue weighted by molar-refractivity contribution is 7.89. The zero-order chi connectivity index (χ0) is 22.2. The van der Waals surface area contributed by atoms with Gasteiger partial charge in [0.2, 0.25) is 10.0 Å². The molecule has 1 aliphatic rings. The largest absolute Gasteiger partial charge is 0.352 e. The molecule has 7 heteroatoms. The Morgan fingerprint density at radius 2 is 1.39 bits per heavy atom. The van der Waals surface area contributed by atoms with Crippen molar-refractivity contribution in [3.63, 3.8) is 0 Å². The third-order valence-electron chi connectivity index (χ3n) is 5.97. The molecule has 3 aromatic rings. The monoisotopic (exact) mass is 436 g/mol. The van der Waals surface area contributed by atoms with Crippen LogP contribution in [0.2, 0.25) is 0 Å². The Hall–Kier alpha value is -2.77. The Balaban J connectivity index is 1.46. The van der Waals surface area contributed by atoms with Crippen LogP contribution in [0.25, 0.3) is 11.3 Å². The highest BCUT2D eigenvalue weighted by Gasteiger charge is 2.30.